The maximum atomic E-state index is 11.5. The van der Waals surface area contributed by atoms with Gasteiger partial charge in [-0.1, -0.05) is 12.8 Å². The Hall–Kier alpha value is -0.620. The van der Waals surface area contributed by atoms with Gasteiger partial charge in [-0.25, -0.2) is 13.1 Å². The summed E-state index contributed by atoms with van der Waals surface area (Å²) in [4.78, 5) is 10.2. The molecule has 0 unspecified atom stereocenters. The van der Waals surface area contributed by atoms with Gasteiger partial charge >= 0.3 is 5.97 Å². The highest BCUT2D eigenvalue weighted by molar-refractivity contribution is 7.89. The summed E-state index contributed by atoms with van der Waals surface area (Å²) in [5.74, 6) is -1.04. The zero-order chi connectivity index (χ0) is 11.3. The van der Waals surface area contributed by atoms with Gasteiger partial charge < -0.3 is 5.11 Å². The minimum absolute atomic E-state index is 0.0693. The maximum Gasteiger partial charge on any atom is 0.303 e. The van der Waals surface area contributed by atoms with Crippen LogP contribution in [0.25, 0.3) is 0 Å². The molecular formula is C9H17NO4S. The van der Waals surface area contributed by atoms with Gasteiger partial charge in [0.15, 0.2) is 0 Å². The second-order valence-electron chi connectivity index (χ2n) is 3.92. The molecule has 0 aromatic carbocycles. The number of carbonyl (C=O) groups is 1. The Balaban J connectivity index is 2.28. The number of sulfonamides is 1. The van der Waals surface area contributed by atoms with E-state index in [9.17, 15) is 13.2 Å². The van der Waals surface area contributed by atoms with E-state index in [4.69, 9.17) is 5.11 Å². The summed E-state index contributed by atoms with van der Waals surface area (Å²) >= 11 is 0. The van der Waals surface area contributed by atoms with Gasteiger partial charge in [-0.3, -0.25) is 4.79 Å². The van der Waals surface area contributed by atoms with E-state index in [-0.39, 0.29) is 24.6 Å². The molecule has 0 spiro atoms. The van der Waals surface area contributed by atoms with Crippen molar-refractivity contribution in [3.63, 3.8) is 0 Å². The summed E-state index contributed by atoms with van der Waals surface area (Å²) in [6.45, 7) is 0. The molecule has 1 saturated carbocycles. The summed E-state index contributed by atoms with van der Waals surface area (Å²) in [6, 6.07) is 0.0693. The number of rotatable bonds is 6. The highest BCUT2D eigenvalue weighted by atomic mass is 32.2. The van der Waals surface area contributed by atoms with Crippen LogP contribution in [0.4, 0.5) is 0 Å². The van der Waals surface area contributed by atoms with Crippen LogP contribution in [0.2, 0.25) is 0 Å². The second-order valence-corrected chi connectivity index (χ2v) is 5.79. The molecule has 5 nitrogen and oxygen atoms in total. The van der Waals surface area contributed by atoms with Crippen molar-refractivity contribution in [2.24, 2.45) is 0 Å². The largest absolute Gasteiger partial charge is 0.481 e. The number of carboxylic acids is 1. The molecule has 0 heterocycles. The number of hydrogen-bond acceptors (Lipinski definition) is 3. The predicted octanol–water partition coefficient (Wildman–Crippen LogP) is 0.713. The molecule has 0 amide bonds. The van der Waals surface area contributed by atoms with Gasteiger partial charge in [-0.15, -0.1) is 0 Å². The monoisotopic (exact) mass is 235 g/mol. The van der Waals surface area contributed by atoms with E-state index >= 15 is 0 Å². The quantitative estimate of drug-likeness (QED) is 0.710. The molecule has 0 aromatic heterocycles. The van der Waals surface area contributed by atoms with E-state index in [0.29, 0.717) is 0 Å². The Morgan fingerprint density at radius 1 is 1.33 bits per heavy atom. The van der Waals surface area contributed by atoms with E-state index in [1.807, 2.05) is 0 Å². The normalized spacial score (nSPS) is 18.1. The first-order valence-electron chi connectivity index (χ1n) is 5.21. The van der Waals surface area contributed by atoms with Gasteiger partial charge in [0.25, 0.3) is 0 Å². The third-order valence-corrected chi connectivity index (χ3v) is 4.02. The molecule has 88 valence electrons. The minimum atomic E-state index is -3.27. The molecule has 0 bridgehead atoms. The lowest BCUT2D eigenvalue weighted by Crippen LogP contribution is -2.34. The smallest absolute Gasteiger partial charge is 0.303 e. The molecule has 1 fully saturated rings. The zero-order valence-corrected chi connectivity index (χ0v) is 9.42. The summed E-state index contributed by atoms with van der Waals surface area (Å²) < 4.78 is 25.5. The minimum Gasteiger partial charge on any atom is -0.481 e. The Kier molecular flexibility index (Phi) is 4.53. The molecule has 0 radical (unpaired) electrons. The SMILES string of the molecule is O=C(O)CCCS(=O)(=O)NC1CCCC1. The molecular weight excluding hydrogens is 218 g/mol. The Morgan fingerprint density at radius 2 is 1.93 bits per heavy atom. The van der Waals surface area contributed by atoms with Crippen molar-refractivity contribution >= 4 is 16.0 Å². The van der Waals surface area contributed by atoms with Gasteiger partial charge in [0.2, 0.25) is 10.0 Å². The molecule has 0 saturated heterocycles. The number of hydrogen-bond donors (Lipinski definition) is 2. The third-order valence-electron chi connectivity index (χ3n) is 2.51. The molecule has 6 heteroatoms. The van der Waals surface area contributed by atoms with Crippen molar-refractivity contribution < 1.29 is 18.3 Å². The van der Waals surface area contributed by atoms with Crippen molar-refractivity contribution in [1.82, 2.24) is 4.72 Å². The summed E-state index contributed by atoms with van der Waals surface area (Å²) in [7, 11) is -3.27. The van der Waals surface area contributed by atoms with Crippen LogP contribution in [0.1, 0.15) is 38.5 Å². The van der Waals surface area contributed by atoms with Gasteiger partial charge in [-0.05, 0) is 19.3 Å². The molecule has 2 N–H and O–H groups in total. The molecule has 0 atom stereocenters. The first-order chi connectivity index (χ1) is 6.99. The highest BCUT2D eigenvalue weighted by Gasteiger charge is 2.20. The standard InChI is InChI=1S/C9H17NO4S/c11-9(12)6-3-7-15(13,14)10-8-4-1-2-5-8/h8,10H,1-7H2,(H,11,12). The molecule has 0 aromatic rings. The summed E-state index contributed by atoms with van der Waals surface area (Å²) in [5, 5.41) is 8.38. The Labute approximate surface area is 89.9 Å². The van der Waals surface area contributed by atoms with Crippen molar-refractivity contribution in [3.05, 3.63) is 0 Å². The van der Waals surface area contributed by atoms with Crippen molar-refractivity contribution in [3.8, 4) is 0 Å². The summed E-state index contributed by atoms with van der Waals surface area (Å²) in [6.07, 6.45) is 4.03. The fourth-order valence-electron chi connectivity index (χ4n) is 1.77. The van der Waals surface area contributed by atoms with E-state index in [1.165, 1.54) is 0 Å². The van der Waals surface area contributed by atoms with Crippen LogP contribution in [0, 0.1) is 0 Å². The third kappa shape index (κ3) is 5.13. The maximum absolute atomic E-state index is 11.5. The lowest BCUT2D eigenvalue weighted by Gasteiger charge is -2.11. The highest BCUT2D eigenvalue weighted by Crippen LogP contribution is 2.18. The fourth-order valence-corrected chi connectivity index (χ4v) is 3.16. The van der Waals surface area contributed by atoms with Crippen molar-refractivity contribution in [2.75, 3.05) is 5.75 Å². The van der Waals surface area contributed by atoms with E-state index in [1.54, 1.807) is 0 Å². The number of carboxylic acid groups (broad SMARTS) is 1. The lowest BCUT2D eigenvalue weighted by atomic mass is 10.3. The van der Waals surface area contributed by atoms with Gasteiger partial charge in [0.1, 0.15) is 0 Å². The van der Waals surface area contributed by atoms with Crippen LogP contribution >= 0.6 is 0 Å². The van der Waals surface area contributed by atoms with Crippen molar-refractivity contribution in [1.29, 1.82) is 0 Å². The van der Waals surface area contributed by atoms with Gasteiger partial charge in [-0.2, -0.15) is 0 Å². The lowest BCUT2D eigenvalue weighted by molar-refractivity contribution is -0.137. The second kappa shape index (κ2) is 5.46. The zero-order valence-electron chi connectivity index (χ0n) is 8.61. The first-order valence-corrected chi connectivity index (χ1v) is 6.86. The average molecular weight is 235 g/mol. The van der Waals surface area contributed by atoms with Crippen LogP contribution in [0.15, 0.2) is 0 Å². The van der Waals surface area contributed by atoms with E-state index in [0.717, 1.165) is 25.7 Å². The average Bonchev–Trinajstić information content (AvgIpc) is 2.54. The van der Waals surface area contributed by atoms with Crippen LogP contribution in [0.5, 0.6) is 0 Å². The predicted molar refractivity (Wildman–Crippen MR) is 56.0 cm³/mol. The van der Waals surface area contributed by atoms with E-state index in [2.05, 4.69) is 4.72 Å². The molecule has 15 heavy (non-hydrogen) atoms. The van der Waals surface area contributed by atoms with Crippen molar-refractivity contribution in [2.45, 2.75) is 44.6 Å². The number of aliphatic carboxylic acids is 1. The van der Waals surface area contributed by atoms with Gasteiger partial charge in [0.05, 0.1) is 5.75 Å². The van der Waals surface area contributed by atoms with Crippen LogP contribution in [-0.2, 0) is 14.8 Å². The molecule has 1 aliphatic rings. The van der Waals surface area contributed by atoms with Crippen LogP contribution in [-0.4, -0.2) is 31.3 Å². The number of nitrogens with one attached hydrogen (secondary N) is 1. The topological polar surface area (TPSA) is 83.5 Å². The molecule has 1 aliphatic carbocycles. The van der Waals surface area contributed by atoms with E-state index < -0.39 is 16.0 Å². The first kappa shape index (κ1) is 12.4. The Bertz CT molecular complexity index is 306. The Morgan fingerprint density at radius 3 is 2.47 bits per heavy atom. The fraction of sp³-hybridized carbons (Fsp3) is 0.889. The van der Waals surface area contributed by atoms with Crippen LogP contribution < -0.4 is 4.72 Å². The molecule has 0 aliphatic heterocycles. The molecule has 1 rings (SSSR count). The van der Waals surface area contributed by atoms with Gasteiger partial charge in [0, 0.05) is 12.5 Å². The summed E-state index contributed by atoms with van der Waals surface area (Å²) in [5.41, 5.74) is 0. The van der Waals surface area contributed by atoms with Crippen LogP contribution in [0.3, 0.4) is 0 Å².